The van der Waals surface area contributed by atoms with Crippen LogP contribution in [0.2, 0.25) is 0 Å². The number of amides is 1. The Bertz CT molecular complexity index is 953. The van der Waals surface area contributed by atoms with Gasteiger partial charge in [-0.15, -0.1) is 0 Å². The fourth-order valence-electron chi connectivity index (χ4n) is 4.33. The van der Waals surface area contributed by atoms with E-state index in [1.165, 1.54) is 12.7 Å². The zero-order valence-corrected chi connectivity index (χ0v) is 19.7. The third kappa shape index (κ3) is 5.90. The summed E-state index contributed by atoms with van der Waals surface area (Å²) >= 11 is 0. The Balaban J connectivity index is 1.65. The molecular formula is C25H34N2O5. The van der Waals surface area contributed by atoms with Gasteiger partial charge in [0.05, 0.1) is 31.9 Å². The summed E-state index contributed by atoms with van der Waals surface area (Å²) in [5.74, 6) is 0.312. The lowest BCUT2D eigenvalue weighted by atomic mass is 9.81. The topological polar surface area (TPSA) is 78.0 Å². The normalized spacial score (nSPS) is 19.0. The van der Waals surface area contributed by atoms with E-state index in [4.69, 9.17) is 14.2 Å². The Hall–Kier alpha value is -2.83. The minimum atomic E-state index is -0.565. The van der Waals surface area contributed by atoms with E-state index in [9.17, 15) is 9.59 Å². The molecule has 1 aliphatic rings. The van der Waals surface area contributed by atoms with E-state index in [0.29, 0.717) is 13.1 Å². The Morgan fingerprint density at radius 1 is 1.22 bits per heavy atom. The van der Waals surface area contributed by atoms with E-state index in [0.717, 1.165) is 42.3 Å². The number of piperidine rings is 1. The quantitative estimate of drug-likeness (QED) is 0.608. The molecule has 1 aromatic carbocycles. The van der Waals surface area contributed by atoms with Crippen LogP contribution in [0.25, 0.3) is 10.9 Å². The lowest BCUT2D eigenvalue weighted by Gasteiger charge is -2.37. The zero-order chi connectivity index (χ0) is 23.3. The maximum atomic E-state index is 12.5. The molecule has 0 aliphatic carbocycles. The maximum absolute atomic E-state index is 12.5. The third-order valence-electron chi connectivity index (χ3n) is 5.96. The van der Waals surface area contributed by atoms with Crippen molar-refractivity contribution >= 4 is 23.0 Å². The highest BCUT2D eigenvalue weighted by Gasteiger charge is 2.37. The average molecular weight is 443 g/mol. The molecular weight excluding hydrogens is 408 g/mol. The van der Waals surface area contributed by atoms with Gasteiger partial charge in [0.1, 0.15) is 11.4 Å². The number of hydrogen-bond acceptors (Lipinski definition) is 6. The standard InChI is InChI=1S/C25H34N2O5/c1-25(2,3)32-24(29)27-13-12-18(21(16-27)23(28)31-5)9-6-8-17-10-7-11-22-20(17)14-19(30-4)15-26-22/h7,10-11,14-15,18,21H,6,8-9,12-13,16H2,1-5H3/t18-,21+/m1/s1. The molecule has 0 N–H and O–H groups in total. The van der Waals surface area contributed by atoms with Crippen LogP contribution in [0.4, 0.5) is 4.79 Å². The van der Waals surface area contributed by atoms with E-state index in [-0.39, 0.29) is 23.9 Å². The second-order valence-electron chi connectivity index (χ2n) is 9.36. The van der Waals surface area contributed by atoms with Crippen LogP contribution in [0, 0.1) is 11.8 Å². The van der Waals surface area contributed by atoms with Crippen molar-refractivity contribution in [1.82, 2.24) is 9.88 Å². The van der Waals surface area contributed by atoms with Crippen LogP contribution < -0.4 is 4.74 Å². The number of aromatic nitrogens is 1. The van der Waals surface area contributed by atoms with Crippen LogP contribution in [0.5, 0.6) is 5.75 Å². The van der Waals surface area contributed by atoms with E-state index < -0.39 is 5.60 Å². The van der Waals surface area contributed by atoms with Crippen molar-refractivity contribution < 1.29 is 23.8 Å². The van der Waals surface area contributed by atoms with Gasteiger partial charge in [-0.1, -0.05) is 12.1 Å². The highest BCUT2D eigenvalue weighted by molar-refractivity contribution is 5.83. The lowest BCUT2D eigenvalue weighted by molar-refractivity contribution is -0.149. The van der Waals surface area contributed by atoms with Gasteiger partial charge in [0.2, 0.25) is 0 Å². The van der Waals surface area contributed by atoms with Gasteiger partial charge in [0.25, 0.3) is 0 Å². The fraction of sp³-hybridized carbons (Fsp3) is 0.560. The van der Waals surface area contributed by atoms with Crippen molar-refractivity contribution in [3.8, 4) is 5.75 Å². The SMILES string of the molecule is COC(=O)[C@H]1CN(C(=O)OC(C)(C)C)CC[C@H]1CCCc1cccc2ncc(OC)cc12. The van der Waals surface area contributed by atoms with Gasteiger partial charge >= 0.3 is 12.1 Å². The van der Waals surface area contributed by atoms with Gasteiger partial charge in [-0.2, -0.15) is 0 Å². The average Bonchev–Trinajstić information content (AvgIpc) is 2.77. The number of methoxy groups -OCH3 is 2. The van der Waals surface area contributed by atoms with Gasteiger partial charge in [0.15, 0.2) is 0 Å². The molecule has 0 radical (unpaired) electrons. The zero-order valence-electron chi connectivity index (χ0n) is 19.7. The van der Waals surface area contributed by atoms with Crippen LogP contribution in [0.15, 0.2) is 30.5 Å². The molecule has 7 heteroatoms. The first-order chi connectivity index (χ1) is 15.2. The summed E-state index contributed by atoms with van der Waals surface area (Å²) in [5.41, 5.74) is 1.60. The van der Waals surface area contributed by atoms with Crippen LogP contribution in [0.1, 0.15) is 45.6 Å². The molecule has 1 fully saturated rings. The number of nitrogens with zero attached hydrogens (tertiary/aromatic N) is 2. The van der Waals surface area contributed by atoms with E-state index in [1.807, 2.05) is 39.0 Å². The Labute approximate surface area is 190 Å². The monoisotopic (exact) mass is 442 g/mol. The Kier molecular flexibility index (Phi) is 7.59. The number of carbonyl (C=O) groups is 2. The number of esters is 1. The number of rotatable bonds is 6. The highest BCUT2D eigenvalue weighted by Crippen LogP contribution is 2.31. The van der Waals surface area contributed by atoms with Gasteiger partial charge < -0.3 is 19.1 Å². The van der Waals surface area contributed by atoms with Gasteiger partial charge in [-0.3, -0.25) is 9.78 Å². The smallest absolute Gasteiger partial charge is 0.410 e. The summed E-state index contributed by atoms with van der Waals surface area (Å²) in [6.07, 6.45) is 4.81. The Morgan fingerprint density at radius 2 is 2.00 bits per heavy atom. The van der Waals surface area contributed by atoms with Crippen molar-refractivity contribution in [2.24, 2.45) is 11.8 Å². The molecule has 1 aliphatic heterocycles. The van der Waals surface area contributed by atoms with Crippen LogP contribution in [0.3, 0.4) is 0 Å². The number of carbonyl (C=O) groups excluding carboxylic acids is 2. The summed E-state index contributed by atoms with van der Waals surface area (Å²) in [6.45, 7) is 6.44. The number of pyridine rings is 1. The predicted octanol–water partition coefficient (Wildman–Crippen LogP) is 4.61. The summed E-state index contributed by atoms with van der Waals surface area (Å²) in [5, 5.41) is 1.09. The molecule has 0 bridgehead atoms. The highest BCUT2D eigenvalue weighted by atomic mass is 16.6. The second-order valence-corrected chi connectivity index (χ2v) is 9.36. The van der Waals surface area contributed by atoms with Crippen molar-refractivity contribution in [2.75, 3.05) is 27.3 Å². The molecule has 0 unspecified atom stereocenters. The second kappa shape index (κ2) is 10.2. The predicted molar refractivity (Wildman–Crippen MR) is 123 cm³/mol. The van der Waals surface area contributed by atoms with Crippen molar-refractivity contribution in [2.45, 2.75) is 52.1 Å². The molecule has 7 nitrogen and oxygen atoms in total. The first kappa shape index (κ1) is 23.8. The largest absolute Gasteiger partial charge is 0.495 e. The van der Waals surface area contributed by atoms with Crippen LogP contribution in [-0.2, 0) is 20.7 Å². The van der Waals surface area contributed by atoms with Gasteiger partial charge in [0, 0.05) is 18.5 Å². The molecule has 2 aromatic rings. The van der Waals surface area contributed by atoms with E-state index in [1.54, 1.807) is 18.2 Å². The molecule has 1 saturated heterocycles. The molecule has 0 saturated carbocycles. The fourth-order valence-corrected chi connectivity index (χ4v) is 4.33. The number of likely N-dealkylation sites (tertiary alicyclic amines) is 1. The van der Waals surface area contributed by atoms with Crippen LogP contribution >= 0.6 is 0 Å². The molecule has 2 atom stereocenters. The molecule has 1 aromatic heterocycles. The van der Waals surface area contributed by atoms with Crippen molar-refractivity contribution in [1.29, 1.82) is 0 Å². The number of ether oxygens (including phenoxy) is 3. The van der Waals surface area contributed by atoms with Gasteiger partial charge in [-0.25, -0.2) is 4.79 Å². The molecule has 32 heavy (non-hydrogen) atoms. The van der Waals surface area contributed by atoms with E-state index >= 15 is 0 Å². The maximum Gasteiger partial charge on any atom is 0.410 e. The van der Waals surface area contributed by atoms with Crippen molar-refractivity contribution in [3.05, 3.63) is 36.0 Å². The molecule has 0 spiro atoms. The lowest BCUT2D eigenvalue weighted by Crippen LogP contribution is -2.48. The van der Waals surface area contributed by atoms with Gasteiger partial charge in [-0.05, 0) is 70.1 Å². The minimum Gasteiger partial charge on any atom is -0.495 e. The first-order valence-electron chi connectivity index (χ1n) is 11.2. The molecule has 2 heterocycles. The first-order valence-corrected chi connectivity index (χ1v) is 11.2. The number of fused-ring (bicyclic) bond motifs is 1. The number of benzene rings is 1. The molecule has 3 rings (SSSR count). The third-order valence-corrected chi connectivity index (χ3v) is 5.96. The summed E-state index contributed by atoms with van der Waals surface area (Å²) in [4.78, 5) is 31.1. The molecule has 174 valence electrons. The van der Waals surface area contributed by atoms with E-state index in [2.05, 4.69) is 11.1 Å². The molecule has 1 amide bonds. The summed E-state index contributed by atoms with van der Waals surface area (Å²) in [7, 11) is 3.05. The Morgan fingerprint density at radius 3 is 2.69 bits per heavy atom. The minimum absolute atomic E-state index is 0.170. The summed E-state index contributed by atoms with van der Waals surface area (Å²) < 4.78 is 15.9. The van der Waals surface area contributed by atoms with Crippen molar-refractivity contribution in [3.63, 3.8) is 0 Å². The van der Waals surface area contributed by atoms with Crippen LogP contribution in [-0.4, -0.2) is 54.9 Å². The number of aryl methyl sites for hydroxylation is 1. The number of hydrogen-bond donors (Lipinski definition) is 0. The summed E-state index contributed by atoms with van der Waals surface area (Å²) in [6, 6.07) is 8.16.